The maximum Gasteiger partial charge on any atom is 0.325 e. The van der Waals surface area contributed by atoms with Gasteiger partial charge >= 0.3 is 5.97 Å². The molecule has 1 aliphatic heterocycles. The van der Waals surface area contributed by atoms with Gasteiger partial charge in [0, 0.05) is 22.5 Å². The maximum atomic E-state index is 15.4. The molecule has 0 aromatic heterocycles. The Hall–Kier alpha value is -1.73. The molecule has 0 amide bonds. The van der Waals surface area contributed by atoms with E-state index in [0.29, 0.717) is 12.3 Å². The molecule has 0 spiro atoms. The number of hydrogen-bond donors (Lipinski definition) is 2. The molecule has 178 valence electrons. The van der Waals surface area contributed by atoms with E-state index in [2.05, 4.69) is 19.2 Å². The van der Waals surface area contributed by atoms with E-state index in [1.54, 1.807) is 18.2 Å². The lowest BCUT2D eigenvalue weighted by molar-refractivity contribution is -0.144. The summed E-state index contributed by atoms with van der Waals surface area (Å²) in [5.74, 6) is -2.21. The van der Waals surface area contributed by atoms with Crippen molar-refractivity contribution in [3.8, 4) is 0 Å². The Bertz CT molecular complexity index is 1080. The monoisotopic (exact) mass is 496 g/mol. The summed E-state index contributed by atoms with van der Waals surface area (Å²) in [5.41, 5.74) is 5.53. The predicted octanol–water partition coefficient (Wildman–Crippen LogP) is 5.55. The van der Waals surface area contributed by atoms with Crippen molar-refractivity contribution in [1.29, 1.82) is 0 Å². The summed E-state index contributed by atoms with van der Waals surface area (Å²) in [6, 6.07) is 7.27. The highest BCUT2D eigenvalue weighted by Crippen LogP contribution is 2.54. The Morgan fingerprint density at radius 2 is 1.94 bits per heavy atom. The lowest BCUT2D eigenvalue weighted by Gasteiger charge is -2.38. The summed E-state index contributed by atoms with van der Waals surface area (Å²) in [6.07, 6.45) is 2.85. The molecular weight excluding hydrogens is 469 g/mol. The van der Waals surface area contributed by atoms with E-state index in [1.807, 2.05) is 0 Å². The first kappa shape index (κ1) is 24.4. The van der Waals surface area contributed by atoms with Gasteiger partial charge in [-0.3, -0.25) is 10.1 Å². The Morgan fingerprint density at radius 1 is 1.24 bits per heavy atom. The van der Waals surface area contributed by atoms with Crippen molar-refractivity contribution in [2.24, 2.45) is 17.1 Å². The summed E-state index contributed by atoms with van der Waals surface area (Å²) < 4.78 is 35.8. The second kappa shape index (κ2) is 8.81. The second-order valence-corrected chi connectivity index (χ2v) is 10.7. The average Bonchev–Trinajstić information content (AvgIpc) is 3.57. The number of ether oxygens (including phenoxy) is 1. The second-order valence-electron chi connectivity index (χ2n) is 9.87. The van der Waals surface area contributed by atoms with Gasteiger partial charge in [-0.2, -0.15) is 0 Å². The smallest absolute Gasteiger partial charge is 0.325 e. The van der Waals surface area contributed by atoms with Crippen LogP contribution in [0.5, 0.6) is 0 Å². The molecule has 8 heteroatoms. The highest BCUT2D eigenvalue weighted by atomic mass is 35.5. The molecular formula is C25H28Cl2F2N2O2. The third-order valence-electron chi connectivity index (χ3n) is 7.36. The number of halogens is 4. The van der Waals surface area contributed by atoms with Gasteiger partial charge in [-0.15, -0.1) is 0 Å². The number of rotatable bonds is 6. The van der Waals surface area contributed by atoms with Crippen LogP contribution in [0.25, 0.3) is 0 Å². The summed E-state index contributed by atoms with van der Waals surface area (Å²) in [7, 11) is 1.25. The van der Waals surface area contributed by atoms with Crippen molar-refractivity contribution in [2.45, 2.75) is 56.7 Å². The minimum absolute atomic E-state index is 0.0315. The van der Waals surface area contributed by atoms with Gasteiger partial charge in [-0.25, -0.2) is 8.78 Å². The Morgan fingerprint density at radius 3 is 2.55 bits per heavy atom. The highest BCUT2D eigenvalue weighted by molar-refractivity contribution is 6.31. The van der Waals surface area contributed by atoms with Crippen molar-refractivity contribution in [1.82, 2.24) is 5.32 Å². The first-order chi connectivity index (χ1) is 15.5. The largest absolute Gasteiger partial charge is 0.468 e. The minimum atomic E-state index is -1.67. The Balaban J connectivity index is 1.93. The van der Waals surface area contributed by atoms with Crippen molar-refractivity contribution < 1.29 is 18.3 Å². The number of methoxy groups -OCH3 is 1. The molecule has 2 aliphatic rings. The SMILES string of the molecule is COC(=O)[C@@H]1N[C@@H](CC(C)(C)C2CC2)[C@H](c2ccc(Cl)cc2F)[C@]1(N)c1cccc(Cl)c1F. The molecule has 2 aromatic rings. The van der Waals surface area contributed by atoms with Crippen LogP contribution in [0.2, 0.25) is 10.0 Å². The molecule has 1 saturated heterocycles. The Labute approximate surface area is 202 Å². The summed E-state index contributed by atoms with van der Waals surface area (Å²) in [4.78, 5) is 12.9. The summed E-state index contributed by atoms with van der Waals surface area (Å²) >= 11 is 12.1. The Kier molecular flexibility index (Phi) is 6.51. The fourth-order valence-electron chi connectivity index (χ4n) is 5.51. The van der Waals surface area contributed by atoms with Gasteiger partial charge < -0.3 is 10.5 Å². The number of nitrogens with one attached hydrogen (secondary N) is 1. The zero-order chi connectivity index (χ0) is 24.1. The van der Waals surface area contributed by atoms with Gasteiger partial charge in [0.05, 0.1) is 17.7 Å². The fourth-order valence-corrected chi connectivity index (χ4v) is 5.84. The highest BCUT2D eigenvalue weighted by Gasteiger charge is 2.60. The van der Waals surface area contributed by atoms with Crippen molar-refractivity contribution in [3.63, 3.8) is 0 Å². The van der Waals surface area contributed by atoms with Gasteiger partial charge in [0.2, 0.25) is 0 Å². The first-order valence-corrected chi connectivity index (χ1v) is 11.8. The van der Waals surface area contributed by atoms with Gasteiger partial charge in [0.25, 0.3) is 0 Å². The lowest BCUT2D eigenvalue weighted by atomic mass is 9.68. The van der Waals surface area contributed by atoms with Crippen LogP contribution in [0.1, 0.15) is 50.2 Å². The van der Waals surface area contributed by atoms with Gasteiger partial charge in [-0.05, 0) is 54.4 Å². The molecule has 2 fully saturated rings. The van der Waals surface area contributed by atoms with E-state index in [4.69, 9.17) is 33.7 Å². The first-order valence-electron chi connectivity index (χ1n) is 11.0. The van der Waals surface area contributed by atoms with E-state index in [0.717, 1.165) is 12.8 Å². The molecule has 4 atom stereocenters. The van der Waals surface area contributed by atoms with E-state index in [1.165, 1.54) is 25.3 Å². The van der Waals surface area contributed by atoms with Crippen LogP contribution in [0.15, 0.2) is 36.4 Å². The number of nitrogens with two attached hydrogens (primary N) is 1. The van der Waals surface area contributed by atoms with Crippen LogP contribution in [-0.4, -0.2) is 25.2 Å². The molecule has 3 N–H and O–H groups in total. The lowest BCUT2D eigenvalue weighted by Crippen LogP contribution is -2.55. The standard InChI is InChI=1S/C25H28Cl2F2N2O2/c1-24(2,13-7-8-13)12-19-20(15-10-9-14(26)11-18(15)28)25(30,22(31-19)23(32)33-3)16-5-4-6-17(27)21(16)29/h4-6,9-11,13,19-20,22,31H,7-8,12,30H2,1-3H3/t19-,20-,22-,25+/m0/s1. The van der Waals surface area contributed by atoms with Crippen LogP contribution < -0.4 is 11.1 Å². The van der Waals surface area contributed by atoms with E-state index in [-0.39, 0.29) is 26.6 Å². The molecule has 0 unspecified atom stereocenters. The van der Waals surface area contributed by atoms with E-state index >= 15 is 8.78 Å². The van der Waals surface area contributed by atoms with E-state index in [9.17, 15) is 4.79 Å². The zero-order valence-electron chi connectivity index (χ0n) is 18.8. The van der Waals surface area contributed by atoms with Crippen molar-refractivity contribution in [2.75, 3.05) is 7.11 Å². The van der Waals surface area contributed by atoms with Crippen LogP contribution in [0.3, 0.4) is 0 Å². The topological polar surface area (TPSA) is 64.3 Å². The molecule has 1 heterocycles. The van der Waals surface area contributed by atoms with Crippen molar-refractivity contribution in [3.05, 3.63) is 69.2 Å². The maximum absolute atomic E-state index is 15.4. The number of hydrogen-bond acceptors (Lipinski definition) is 4. The van der Waals surface area contributed by atoms with Gasteiger partial charge in [-0.1, -0.05) is 55.2 Å². The molecule has 0 radical (unpaired) electrons. The van der Waals surface area contributed by atoms with Crippen LogP contribution >= 0.6 is 23.2 Å². The summed E-state index contributed by atoms with van der Waals surface area (Å²) in [6.45, 7) is 4.32. The molecule has 2 aromatic carbocycles. The number of carbonyl (C=O) groups is 1. The third kappa shape index (κ3) is 4.27. The predicted molar refractivity (Wildman–Crippen MR) is 125 cm³/mol. The number of carbonyl (C=O) groups excluding carboxylic acids is 1. The van der Waals surface area contributed by atoms with Gasteiger partial charge in [0.15, 0.2) is 0 Å². The molecule has 4 rings (SSSR count). The fraction of sp³-hybridized carbons (Fsp3) is 0.480. The van der Waals surface area contributed by atoms with Crippen molar-refractivity contribution >= 4 is 29.2 Å². The molecule has 0 bridgehead atoms. The average molecular weight is 497 g/mol. The molecule has 33 heavy (non-hydrogen) atoms. The van der Waals surface area contributed by atoms with E-state index < -0.39 is 41.1 Å². The molecule has 1 aliphatic carbocycles. The van der Waals surface area contributed by atoms with Gasteiger partial charge in [0.1, 0.15) is 17.7 Å². The minimum Gasteiger partial charge on any atom is -0.468 e. The normalized spacial score (nSPS) is 27.6. The van der Waals surface area contributed by atoms with Crippen LogP contribution in [-0.2, 0) is 15.1 Å². The third-order valence-corrected chi connectivity index (χ3v) is 7.88. The molecule has 1 saturated carbocycles. The van der Waals surface area contributed by atoms with Crippen LogP contribution in [0, 0.1) is 23.0 Å². The quantitative estimate of drug-likeness (QED) is 0.514. The summed E-state index contributed by atoms with van der Waals surface area (Å²) in [5, 5.41) is 3.41. The zero-order valence-corrected chi connectivity index (χ0v) is 20.3. The van der Waals surface area contributed by atoms with Crippen LogP contribution in [0.4, 0.5) is 8.78 Å². The molecule has 4 nitrogen and oxygen atoms in total. The number of benzene rings is 2. The number of esters is 1.